The van der Waals surface area contributed by atoms with Crippen molar-refractivity contribution in [1.82, 2.24) is 0 Å². The average Bonchev–Trinajstić information content (AvgIpc) is 1.38. The third-order valence-electron chi connectivity index (χ3n) is 0.135. The van der Waals surface area contributed by atoms with Crippen LogP contribution in [0.3, 0.4) is 0 Å². The minimum atomic E-state index is -0.881. The molecule has 1 radical (unpaired) electrons. The zero-order valence-electron chi connectivity index (χ0n) is 3.51. The van der Waals surface area contributed by atoms with Crippen LogP contribution in [-0.2, 0) is 4.79 Å². The van der Waals surface area contributed by atoms with E-state index in [1.807, 2.05) is 0 Å². The van der Waals surface area contributed by atoms with Crippen LogP contribution in [0, 0.1) is 0 Å². The maximum absolute atomic E-state index is 9.29. The van der Waals surface area contributed by atoms with E-state index in [0.29, 0.717) is 0 Å². The molecule has 0 heterocycles. The number of thiol groups is 1. The maximum atomic E-state index is 9.29. The van der Waals surface area contributed by atoms with Gasteiger partial charge in [-0.15, -0.1) is 0 Å². The maximum Gasteiger partial charge on any atom is 0.313 e. The molecule has 6 heavy (non-hydrogen) atoms. The molecule has 0 atom stereocenters. The van der Waals surface area contributed by atoms with Crippen molar-refractivity contribution in [1.29, 1.82) is 0 Å². The molecular weight excluding hydrogens is 95.0 g/mol. The molecule has 0 aromatic heterocycles. The van der Waals surface area contributed by atoms with Crippen LogP contribution in [0.4, 0.5) is 0 Å². The largest absolute Gasteiger partial charge is 0.481 e. The molecule has 1 N–H and O–H groups in total. The van der Waals surface area contributed by atoms with Gasteiger partial charge in [0.05, 0.1) is 5.75 Å². The van der Waals surface area contributed by atoms with Crippen molar-refractivity contribution >= 4 is 37.5 Å². The van der Waals surface area contributed by atoms with Crippen molar-refractivity contribution in [3.8, 4) is 0 Å². The number of aliphatic carboxylic acids is 1. The molecule has 0 spiro atoms. The molecule has 0 saturated heterocycles. The fourth-order valence-electron chi connectivity index (χ4n) is 0. The van der Waals surface area contributed by atoms with E-state index in [-0.39, 0.29) is 24.6 Å². The summed E-state index contributed by atoms with van der Waals surface area (Å²) in [6, 6.07) is 0. The van der Waals surface area contributed by atoms with Crippen molar-refractivity contribution < 1.29 is 9.90 Å². The molecule has 0 bridgehead atoms. The Morgan fingerprint density at radius 1 is 1.83 bits per heavy atom. The summed E-state index contributed by atoms with van der Waals surface area (Å²) < 4.78 is 0. The van der Waals surface area contributed by atoms with Gasteiger partial charge in [0.25, 0.3) is 0 Å². The Morgan fingerprint density at radius 2 is 2.00 bits per heavy atom. The van der Waals surface area contributed by atoms with Crippen LogP contribution < -0.4 is 0 Å². The van der Waals surface area contributed by atoms with Crippen LogP contribution in [0.2, 0.25) is 0 Å². The van der Waals surface area contributed by atoms with E-state index in [9.17, 15) is 4.79 Å². The van der Waals surface area contributed by atoms with Gasteiger partial charge in [0.15, 0.2) is 0 Å². The molecule has 31 valence electrons. The zero-order chi connectivity index (χ0) is 4.28. The summed E-state index contributed by atoms with van der Waals surface area (Å²) in [5, 5.41) is 7.65. The van der Waals surface area contributed by atoms with E-state index in [1.165, 1.54) is 0 Å². The molecule has 4 heteroatoms. The van der Waals surface area contributed by atoms with Gasteiger partial charge in [0.2, 0.25) is 0 Å². The number of hydrogen-bond acceptors (Lipinski definition) is 2. The Morgan fingerprint density at radius 3 is 2.00 bits per heavy atom. The molecule has 0 rings (SSSR count). The SMILES string of the molecule is O=C(O)CS.[Li]. The van der Waals surface area contributed by atoms with Gasteiger partial charge in [-0.3, -0.25) is 4.79 Å². The normalized spacial score (nSPS) is 6.17. The second-order valence-electron chi connectivity index (χ2n) is 0.552. The van der Waals surface area contributed by atoms with Crippen molar-refractivity contribution in [2.75, 3.05) is 5.75 Å². The van der Waals surface area contributed by atoms with Crippen molar-refractivity contribution in [3.05, 3.63) is 0 Å². The number of carbonyl (C=O) groups is 1. The van der Waals surface area contributed by atoms with Crippen LogP contribution in [0.5, 0.6) is 0 Å². The summed E-state index contributed by atoms with van der Waals surface area (Å²) in [5.74, 6) is -0.965. The fraction of sp³-hybridized carbons (Fsp3) is 0.500. The van der Waals surface area contributed by atoms with E-state index in [4.69, 9.17) is 5.11 Å². The smallest absolute Gasteiger partial charge is 0.313 e. The van der Waals surface area contributed by atoms with Crippen LogP contribution in [0.1, 0.15) is 0 Å². The van der Waals surface area contributed by atoms with E-state index < -0.39 is 5.97 Å². The Hall–Kier alpha value is 0.417. The van der Waals surface area contributed by atoms with Gasteiger partial charge in [-0.2, -0.15) is 12.6 Å². The predicted octanol–water partition coefficient (Wildman–Crippen LogP) is -0.380. The predicted molar refractivity (Wildman–Crippen MR) is 27.2 cm³/mol. The summed E-state index contributed by atoms with van der Waals surface area (Å²) in [6.07, 6.45) is 0. The molecule has 0 fully saturated rings. The van der Waals surface area contributed by atoms with Gasteiger partial charge in [-0.05, 0) is 0 Å². The van der Waals surface area contributed by atoms with Crippen molar-refractivity contribution in [2.24, 2.45) is 0 Å². The first-order valence-electron chi connectivity index (χ1n) is 1.10. The summed E-state index contributed by atoms with van der Waals surface area (Å²) in [7, 11) is 0. The van der Waals surface area contributed by atoms with Crippen LogP contribution in [-0.4, -0.2) is 35.7 Å². The zero-order valence-corrected chi connectivity index (χ0v) is 4.40. The van der Waals surface area contributed by atoms with E-state index in [1.54, 1.807) is 0 Å². The van der Waals surface area contributed by atoms with Gasteiger partial charge < -0.3 is 5.11 Å². The number of rotatable bonds is 1. The topological polar surface area (TPSA) is 37.3 Å². The Balaban J connectivity index is 0. The van der Waals surface area contributed by atoms with Crippen LogP contribution in [0.25, 0.3) is 0 Å². The third-order valence-corrected chi connectivity index (χ3v) is 0.406. The number of carboxylic acid groups (broad SMARTS) is 1. The number of hydrogen-bond donors (Lipinski definition) is 2. The molecule has 2 nitrogen and oxygen atoms in total. The molecule has 0 aromatic rings. The Bertz CT molecular complexity index is 46.8. The molecule has 0 aliphatic heterocycles. The fourth-order valence-corrected chi connectivity index (χ4v) is 0. The molecule has 0 aliphatic carbocycles. The number of carboxylic acids is 1. The van der Waals surface area contributed by atoms with Gasteiger partial charge in [0.1, 0.15) is 0 Å². The first-order valence-corrected chi connectivity index (χ1v) is 1.73. The summed E-state index contributed by atoms with van der Waals surface area (Å²) in [6.45, 7) is 0. The van der Waals surface area contributed by atoms with E-state index >= 15 is 0 Å². The summed E-state index contributed by atoms with van der Waals surface area (Å²) in [4.78, 5) is 9.29. The molecule has 0 amide bonds. The van der Waals surface area contributed by atoms with Gasteiger partial charge in [0, 0.05) is 18.9 Å². The molecule has 0 aromatic carbocycles. The molecule has 0 aliphatic rings. The molecule has 0 unspecified atom stereocenters. The van der Waals surface area contributed by atoms with Gasteiger partial charge >= 0.3 is 5.97 Å². The minimum Gasteiger partial charge on any atom is -0.481 e. The van der Waals surface area contributed by atoms with Crippen molar-refractivity contribution in [2.45, 2.75) is 0 Å². The second kappa shape index (κ2) is 5.42. The summed E-state index contributed by atoms with van der Waals surface area (Å²) >= 11 is 3.42. The van der Waals surface area contributed by atoms with Crippen LogP contribution in [0.15, 0.2) is 0 Å². The summed E-state index contributed by atoms with van der Waals surface area (Å²) in [5.41, 5.74) is 0. The monoisotopic (exact) mass is 99.0 g/mol. The quantitative estimate of drug-likeness (QED) is 0.347. The minimum absolute atomic E-state index is 0. The Kier molecular flexibility index (Phi) is 8.71. The van der Waals surface area contributed by atoms with Crippen LogP contribution >= 0.6 is 12.6 Å². The van der Waals surface area contributed by atoms with Gasteiger partial charge in [-0.25, -0.2) is 0 Å². The second-order valence-corrected chi connectivity index (χ2v) is 0.868. The van der Waals surface area contributed by atoms with E-state index in [2.05, 4.69) is 12.6 Å². The molecule has 0 saturated carbocycles. The molecular formula is C2H4LiO2S. The van der Waals surface area contributed by atoms with E-state index in [0.717, 1.165) is 0 Å². The Labute approximate surface area is 53.5 Å². The van der Waals surface area contributed by atoms with Gasteiger partial charge in [-0.1, -0.05) is 0 Å². The first kappa shape index (κ1) is 9.65. The average molecular weight is 99.1 g/mol. The van der Waals surface area contributed by atoms with Crippen molar-refractivity contribution in [3.63, 3.8) is 0 Å². The first-order chi connectivity index (χ1) is 2.27. The standard InChI is InChI=1S/C2H4O2S.Li/c3-2(4)1-5;/h5H,1H2,(H,3,4);. The third kappa shape index (κ3) is 8.83.